The Kier molecular flexibility index (Phi) is 3.18. The van der Waals surface area contributed by atoms with Gasteiger partial charge in [0.05, 0.1) is 4.90 Å². The quantitative estimate of drug-likeness (QED) is 0.835. The third-order valence-corrected chi connectivity index (χ3v) is 5.13. The van der Waals surface area contributed by atoms with E-state index in [4.69, 9.17) is 23.2 Å². The minimum Gasteiger partial charge on any atom is -0.207 e. The van der Waals surface area contributed by atoms with Gasteiger partial charge in [0.1, 0.15) is 0 Å². The minimum atomic E-state index is -3.43. The van der Waals surface area contributed by atoms with Crippen LogP contribution in [0.1, 0.15) is 13.3 Å². The zero-order valence-corrected chi connectivity index (χ0v) is 11.0. The van der Waals surface area contributed by atoms with E-state index in [1.165, 1.54) is 22.5 Å². The van der Waals surface area contributed by atoms with Crippen LogP contribution in [-0.2, 0) is 10.0 Å². The number of hydrogen-bond acceptors (Lipinski definition) is 2. The highest BCUT2D eigenvalue weighted by molar-refractivity contribution is 7.89. The molecule has 0 aromatic heterocycles. The molecule has 0 saturated carbocycles. The number of hydrogen-bond donors (Lipinski definition) is 0. The van der Waals surface area contributed by atoms with Gasteiger partial charge < -0.3 is 0 Å². The van der Waals surface area contributed by atoms with E-state index in [0.29, 0.717) is 16.6 Å². The van der Waals surface area contributed by atoms with E-state index in [1.54, 1.807) is 0 Å². The average molecular weight is 280 g/mol. The lowest BCUT2D eigenvalue weighted by Gasteiger charge is -2.37. The maximum absolute atomic E-state index is 12.1. The summed E-state index contributed by atoms with van der Waals surface area (Å²) in [6.07, 6.45) is 0.896. The first-order chi connectivity index (χ1) is 7.41. The van der Waals surface area contributed by atoms with Crippen molar-refractivity contribution < 1.29 is 8.42 Å². The van der Waals surface area contributed by atoms with E-state index in [1.807, 2.05) is 6.92 Å². The molecule has 1 aromatic carbocycles. The molecule has 1 saturated heterocycles. The largest absolute Gasteiger partial charge is 0.243 e. The summed E-state index contributed by atoms with van der Waals surface area (Å²) in [6, 6.07) is 4.42. The van der Waals surface area contributed by atoms with Gasteiger partial charge in [-0.05, 0) is 31.5 Å². The lowest BCUT2D eigenvalue weighted by atomic mass is 10.1. The molecule has 0 amide bonds. The first-order valence-corrected chi connectivity index (χ1v) is 7.09. The van der Waals surface area contributed by atoms with Crippen LogP contribution in [-0.4, -0.2) is 25.3 Å². The molecule has 1 aliphatic rings. The molecule has 0 aliphatic carbocycles. The molecular weight excluding hydrogens is 269 g/mol. The second-order valence-electron chi connectivity index (χ2n) is 3.86. The Morgan fingerprint density at radius 2 is 1.81 bits per heavy atom. The Hall–Kier alpha value is -0.290. The summed E-state index contributed by atoms with van der Waals surface area (Å²) in [5.41, 5.74) is 0. The zero-order valence-electron chi connectivity index (χ0n) is 8.65. The number of sulfonamides is 1. The van der Waals surface area contributed by atoms with Crippen molar-refractivity contribution in [2.75, 3.05) is 6.54 Å². The molecule has 2 rings (SSSR count). The van der Waals surface area contributed by atoms with Crippen LogP contribution in [0.3, 0.4) is 0 Å². The number of nitrogens with zero attached hydrogens (tertiary/aromatic N) is 1. The van der Waals surface area contributed by atoms with Crippen LogP contribution in [0.5, 0.6) is 0 Å². The summed E-state index contributed by atoms with van der Waals surface area (Å²) in [4.78, 5) is 0.163. The van der Waals surface area contributed by atoms with E-state index in [2.05, 4.69) is 0 Å². The van der Waals surface area contributed by atoms with Crippen molar-refractivity contribution in [3.05, 3.63) is 28.2 Å². The summed E-state index contributed by atoms with van der Waals surface area (Å²) < 4.78 is 25.7. The van der Waals surface area contributed by atoms with Crippen molar-refractivity contribution in [1.29, 1.82) is 0 Å². The molecule has 1 aromatic rings. The second-order valence-corrected chi connectivity index (χ2v) is 6.62. The lowest BCUT2D eigenvalue weighted by molar-refractivity contribution is 0.217. The summed E-state index contributed by atoms with van der Waals surface area (Å²) in [5, 5.41) is 0.665. The molecule has 16 heavy (non-hydrogen) atoms. The van der Waals surface area contributed by atoms with Crippen molar-refractivity contribution in [1.82, 2.24) is 4.31 Å². The molecule has 0 spiro atoms. The molecule has 6 heteroatoms. The van der Waals surface area contributed by atoms with Crippen LogP contribution in [0, 0.1) is 0 Å². The number of benzene rings is 1. The summed E-state index contributed by atoms with van der Waals surface area (Å²) in [5.74, 6) is 0. The Morgan fingerprint density at radius 3 is 2.19 bits per heavy atom. The fourth-order valence-corrected chi connectivity index (χ4v) is 4.07. The molecule has 0 N–H and O–H groups in total. The van der Waals surface area contributed by atoms with Gasteiger partial charge in [-0.25, -0.2) is 8.42 Å². The number of halogens is 2. The van der Waals surface area contributed by atoms with E-state index < -0.39 is 10.0 Å². The zero-order chi connectivity index (χ0) is 11.9. The van der Waals surface area contributed by atoms with Gasteiger partial charge in [0, 0.05) is 22.6 Å². The SMILES string of the molecule is C[C@@H]1CCN1S(=O)(=O)c1cc(Cl)cc(Cl)c1. The van der Waals surface area contributed by atoms with Crippen LogP contribution >= 0.6 is 23.2 Å². The summed E-state index contributed by atoms with van der Waals surface area (Å²) in [7, 11) is -3.43. The van der Waals surface area contributed by atoms with Crippen molar-refractivity contribution in [3.63, 3.8) is 0 Å². The Labute approximate surface area is 105 Å². The summed E-state index contributed by atoms with van der Waals surface area (Å²) in [6.45, 7) is 2.45. The number of rotatable bonds is 2. The van der Waals surface area contributed by atoms with Crippen molar-refractivity contribution in [3.8, 4) is 0 Å². The van der Waals surface area contributed by atoms with Gasteiger partial charge in [-0.3, -0.25) is 0 Å². The maximum Gasteiger partial charge on any atom is 0.243 e. The van der Waals surface area contributed by atoms with Gasteiger partial charge in [-0.15, -0.1) is 0 Å². The fraction of sp³-hybridized carbons (Fsp3) is 0.400. The van der Waals surface area contributed by atoms with Gasteiger partial charge >= 0.3 is 0 Å². The molecule has 1 fully saturated rings. The van der Waals surface area contributed by atoms with Gasteiger partial charge in [-0.2, -0.15) is 4.31 Å². The van der Waals surface area contributed by atoms with Crippen molar-refractivity contribution >= 4 is 33.2 Å². The summed E-state index contributed by atoms with van der Waals surface area (Å²) >= 11 is 11.6. The van der Waals surface area contributed by atoms with E-state index in [0.717, 1.165) is 6.42 Å². The Balaban J connectivity index is 2.43. The van der Waals surface area contributed by atoms with Gasteiger partial charge in [0.25, 0.3) is 0 Å². The highest BCUT2D eigenvalue weighted by Crippen LogP contribution is 2.29. The maximum atomic E-state index is 12.1. The standard InChI is InChI=1S/C10H11Cl2NO2S/c1-7-2-3-13(7)16(14,15)10-5-8(11)4-9(12)6-10/h4-7H,2-3H2,1H3/t7-/m1/s1. The topological polar surface area (TPSA) is 37.4 Å². The highest BCUT2D eigenvalue weighted by Gasteiger charge is 2.35. The van der Waals surface area contributed by atoms with Gasteiger partial charge in [-0.1, -0.05) is 23.2 Å². The van der Waals surface area contributed by atoms with Crippen molar-refractivity contribution in [2.24, 2.45) is 0 Å². The highest BCUT2D eigenvalue weighted by atomic mass is 35.5. The molecule has 1 heterocycles. The minimum absolute atomic E-state index is 0.0581. The van der Waals surface area contributed by atoms with E-state index in [9.17, 15) is 8.42 Å². The van der Waals surface area contributed by atoms with Crippen molar-refractivity contribution in [2.45, 2.75) is 24.3 Å². The molecule has 3 nitrogen and oxygen atoms in total. The molecule has 1 atom stereocenters. The van der Waals surface area contributed by atoms with Crippen LogP contribution in [0.2, 0.25) is 10.0 Å². The Morgan fingerprint density at radius 1 is 1.25 bits per heavy atom. The normalized spacial score (nSPS) is 21.8. The van der Waals surface area contributed by atoms with E-state index >= 15 is 0 Å². The second kappa shape index (κ2) is 4.18. The molecule has 0 unspecified atom stereocenters. The molecule has 0 bridgehead atoms. The molecular formula is C10H11Cl2NO2S. The molecule has 0 radical (unpaired) electrons. The van der Waals surface area contributed by atoms with Gasteiger partial charge in [0.2, 0.25) is 10.0 Å². The Bertz CT molecular complexity index is 495. The first kappa shape index (κ1) is 12.2. The average Bonchev–Trinajstić information content (AvgIpc) is 2.13. The predicted molar refractivity (Wildman–Crippen MR) is 64.4 cm³/mol. The third kappa shape index (κ3) is 2.07. The van der Waals surface area contributed by atoms with Gasteiger partial charge in [0.15, 0.2) is 0 Å². The molecule has 88 valence electrons. The lowest BCUT2D eigenvalue weighted by Crippen LogP contribution is -2.49. The van der Waals surface area contributed by atoms with Crippen LogP contribution in [0.4, 0.5) is 0 Å². The monoisotopic (exact) mass is 279 g/mol. The fourth-order valence-electron chi connectivity index (χ4n) is 1.66. The first-order valence-electron chi connectivity index (χ1n) is 4.89. The third-order valence-electron chi connectivity index (χ3n) is 2.70. The van der Waals surface area contributed by atoms with Crippen LogP contribution < -0.4 is 0 Å². The van der Waals surface area contributed by atoms with Crippen LogP contribution in [0.25, 0.3) is 0 Å². The molecule has 1 aliphatic heterocycles. The smallest absolute Gasteiger partial charge is 0.207 e. The predicted octanol–water partition coefficient (Wildman–Crippen LogP) is 2.78. The van der Waals surface area contributed by atoms with Crippen LogP contribution in [0.15, 0.2) is 23.1 Å². The van der Waals surface area contributed by atoms with E-state index in [-0.39, 0.29) is 10.9 Å².